The zero-order valence-electron chi connectivity index (χ0n) is 30.8. The second kappa shape index (κ2) is 11.2. The molecule has 277 valence electrons. The fourth-order valence-electron chi connectivity index (χ4n) is 10.5. The SMILES string of the molecule is O=[N+]([O-])c1cc[c]([Ge]23[c]4c5cccc4N(c4ccccc4)c4cccc([c]42)Oc2c4[c]6c(c([c]23)O5)Oc2cccc3[c]2[Ge]6[c]2c(cccc2N3c2ccccc2)O4)cc1. The molecule has 8 aromatic carbocycles. The topological polar surface area (TPSA) is 86.5 Å². The molecule has 0 saturated heterocycles. The van der Waals surface area contributed by atoms with Crippen molar-refractivity contribution in [1.29, 1.82) is 0 Å². The molecule has 11 heteroatoms. The minimum atomic E-state index is -4.31. The van der Waals surface area contributed by atoms with Gasteiger partial charge in [-0.05, 0) is 0 Å². The molecule has 0 fully saturated rings. The van der Waals surface area contributed by atoms with Gasteiger partial charge in [0.2, 0.25) is 0 Å². The maximum absolute atomic E-state index is 12.1. The Morgan fingerprint density at radius 1 is 0.441 bits per heavy atom. The van der Waals surface area contributed by atoms with Gasteiger partial charge in [0.1, 0.15) is 0 Å². The number of anilines is 6. The number of rotatable bonds is 4. The van der Waals surface area contributed by atoms with E-state index in [-0.39, 0.29) is 10.6 Å². The quantitative estimate of drug-likeness (QED) is 0.102. The molecule has 0 aromatic heterocycles. The van der Waals surface area contributed by atoms with Gasteiger partial charge < -0.3 is 0 Å². The second-order valence-electron chi connectivity index (χ2n) is 15.3. The predicted octanol–water partition coefficient (Wildman–Crippen LogP) is 7.48. The Morgan fingerprint density at radius 3 is 1.37 bits per heavy atom. The third-order valence-electron chi connectivity index (χ3n) is 12.6. The van der Waals surface area contributed by atoms with E-state index in [1.807, 2.05) is 36.4 Å². The van der Waals surface area contributed by atoms with Gasteiger partial charge in [0.15, 0.2) is 0 Å². The van der Waals surface area contributed by atoms with Crippen LogP contribution in [0.3, 0.4) is 0 Å². The van der Waals surface area contributed by atoms with Crippen LogP contribution in [-0.2, 0) is 0 Å². The van der Waals surface area contributed by atoms with Crippen molar-refractivity contribution in [2.45, 2.75) is 0 Å². The van der Waals surface area contributed by atoms with Crippen molar-refractivity contribution in [3.8, 4) is 46.0 Å². The summed E-state index contributed by atoms with van der Waals surface area (Å²) in [6.45, 7) is 0. The van der Waals surface area contributed by atoms with Crippen LogP contribution >= 0.6 is 0 Å². The third-order valence-corrected chi connectivity index (χ3v) is 29.1. The first-order valence-corrected chi connectivity index (χ1v) is 26.8. The van der Waals surface area contributed by atoms with Crippen molar-refractivity contribution in [2.75, 3.05) is 9.80 Å². The summed E-state index contributed by atoms with van der Waals surface area (Å²) in [5.74, 6) is 5.84. The van der Waals surface area contributed by atoms with Gasteiger partial charge in [-0.15, -0.1) is 0 Å². The van der Waals surface area contributed by atoms with E-state index in [4.69, 9.17) is 18.9 Å². The van der Waals surface area contributed by atoms with E-state index in [0.717, 1.165) is 79.1 Å². The molecule has 6 aliphatic rings. The molecule has 0 aliphatic carbocycles. The summed E-state index contributed by atoms with van der Waals surface area (Å²) in [5, 5.41) is 12.1. The monoisotopic (exact) mass is 888 g/mol. The van der Waals surface area contributed by atoms with Gasteiger partial charge in [0, 0.05) is 0 Å². The van der Waals surface area contributed by atoms with Crippen molar-refractivity contribution in [3.05, 3.63) is 168 Å². The molecule has 0 unspecified atom stereocenters. The molecule has 6 heterocycles. The fraction of sp³-hybridized carbons (Fsp3) is 0. The first-order chi connectivity index (χ1) is 29.1. The van der Waals surface area contributed by atoms with E-state index >= 15 is 0 Å². The Bertz CT molecular complexity index is 3090. The zero-order valence-corrected chi connectivity index (χ0v) is 35.0. The Kier molecular flexibility index (Phi) is 6.06. The Hall–Kier alpha value is -6.95. The summed E-state index contributed by atoms with van der Waals surface area (Å²) >= 11 is -7.05. The fourth-order valence-corrected chi connectivity index (χ4v) is 28.6. The first-order valence-electron chi connectivity index (χ1n) is 19.4. The zero-order chi connectivity index (χ0) is 38.7. The van der Waals surface area contributed by atoms with Crippen molar-refractivity contribution in [1.82, 2.24) is 0 Å². The van der Waals surface area contributed by atoms with E-state index in [9.17, 15) is 10.1 Å². The number of benzene rings is 8. The predicted molar refractivity (Wildman–Crippen MR) is 231 cm³/mol. The van der Waals surface area contributed by atoms with Gasteiger partial charge in [-0.3, -0.25) is 0 Å². The molecule has 9 nitrogen and oxygen atoms in total. The molecule has 0 saturated carbocycles. The second-order valence-corrected chi connectivity index (χ2v) is 27.6. The normalized spacial score (nSPS) is 15.5. The van der Waals surface area contributed by atoms with E-state index in [2.05, 4.69) is 119 Å². The van der Waals surface area contributed by atoms with Gasteiger partial charge in [0.25, 0.3) is 0 Å². The first kappa shape index (κ1) is 32.1. The summed E-state index contributed by atoms with van der Waals surface area (Å²) in [4.78, 5) is 16.4. The summed E-state index contributed by atoms with van der Waals surface area (Å²) in [6, 6.07) is 53.4. The molecule has 6 aliphatic heterocycles. The van der Waals surface area contributed by atoms with Gasteiger partial charge in [-0.25, -0.2) is 0 Å². The molecule has 8 aromatic rings. The standard InChI is InChI=1S/C48H26Ge2N3O6/c54-53(55)30-25-23-27(24-26-30)50-42-33-17-9-21-37(42)58-47-44(50)48(59-38-22-10-18-34(43(38)50)52(33)29-13-5-2-6-14-29)46-41-45(47)56-35-19-7-15-31-39(35)49(41)40-32(16-8-20-36(40)57-46)51(31)28-11-3-1-4-12-28/h1-26H. The van der Waals surface area contributed by atoms with Crippen LogP contribution in [0.2, 0.25) is 0 Å². The number of ether oxygens (including phenoxy) is 4. The number of nitrogens with zero attached hydrogens (tertiary/aromatic N) is 3. The van der Waals surface area contributed by atoms with Crippen molar-refractivity contribution >= 4 is 98.2 Å². The Balaban J connectivity index is 1.12. The van der Waals surface area contributed by atoms with Crippen LogP contribution in [0.4, 0.5) is 39.8 Å². The van der Waals surface area contributed by atoms with Crippen LogP contribution in [0.25, 0.3) is 0 Å². The average molecular weight is 886 g/mol. The van der Waals surface area contributed by atoms with Crippen LogP contribution in [0.1, 0.15) is 0 Å². The van der Waals surface area contributed by atoms with E-state index in [1.165, 1.54) is 8.79 Å². The number of nitro benzene ring substituents is 1. The summed E-state index contributed by atoms with van der Waals surface area (Å²) < 4.78 is 36.8. The Morgan fingerprint density at radius 2 is 0.881 bits per heavy atom. The Labute approximate surface area is 343 Å². The van der Waals surface area contributed by atoms with Crippen LogP contribution in [0, 0.1) is 10.1 Å². The number of para-hydroxylation sites is 2. The van der Waals surface area contributed by atoms with E-state index in [1.54, 1.807) is 12.1 Å². The van der Waals surface area contributed by atoms with Crippen LogP contribution < -0.4 is 59.5 Å². The maximum atomic E-state index is 12.1. The van der Waals surface area contributed by atoms with Gasteiger partial charge in [-0.2, -0.15) is 0 Å². The number of hydrogen-bond acceptors (Lipinski definition) is 8. The van der Waals surface area contributed by atoms with Crippen molar-refractivity contribution < 1.29 is 23.9 Å². The minimum absolute atomic E-state index is 0.0400. The molecule has 59 heavy (non-hydrogen) atoms. The van der Waals surface area contributed by atoms with Crippen LogP contribution in [-0.4, -0.2) is 32.5 Å². The summed E-state index contributed by atoms with van der Waals surface area (Å²) in [6.07, 6.45) is 0. The number of nitro groups is 1. The molecule has 0 spiro atoms. The summed E-state index contributed by atoms with van der Waals surface area (Å²) in [5.41, 5.74) is 6.35. The molecular weight excluding hydrogens is 860 g/mol. The van der Waals surface area contributed by atoms with Gasteiger partial charge in [0.05, 0.1) is 0 Å². The van der Waals surface area contributed by atoms with Crippen LogP contribution in [0.5, 0.6) is 46.0 Å². The molecule has 0 N–H and O–H groups in total. The van der Waals surface area contributed by atoms with Crippen molar-refractivity contribution in [3.63, 3.8) is 0 Å². The van der Waals surface area contributed by atoms with Gasteiger partial charge in [-0.1, -0.05) is 0 Å². The molecular formula is C48H26Ge2N3O6. The number of fused-ring (bicyclic) bond motifs is 2. The number of hydrogen-bond donors (Lipinski definition) is 0. The average Bonchev–Trinajstić information content (AvgIpc) is 3.28. The van der Waals surface area contributed by atoms with Gasteiger partial charge >= 0.3 is 346 Å². The van der Waals surface area contributed by atoms with Crippen molar-refractivity contribution in [2.24, 2.45) is 0 Å². The summed E-state index contributed by atoms with van der Waals surface area (Å²) in [7, 11) is 0. The van der Waals surface area contributed by atoms with E-state index < -0.39 is 27.6 Å². The molecule has 1 radical (unpaired) electrons. The van der Waals surface area contributed by atoms with E-state index in [0.29, 0.717) is 23.0 Å². The molecule has 0 bridgehead atoms. The molecule has 0 atom stereocenters. The van der Waals surface area contributed by atoms with Crippen LogP contribution in [0.15, 0.2) is 158 Å². The molecule has 0 amide bonds. The third kappa shape index (κ3) is 3.83. The molecule has 14 rings (SSSR count). The number of non-ortho nitro benzene ring substituents is 1.